The van der Waals surface area contributed by atoms with Crippen molar-refractivity contribution in [3.05, 3.63) is 45.6 Å². The first-order valence-electron chi connectivity index (χ1n) is 10.8. The van der Waals surface area contributed by atoms with Crippen LogP contribution in [0.25, 0.3) is 12.2 Å². The number of aryl methyl sites for hydroxylation is 1. The monoisotopic (exact) mass is 364 g/mol. The highest BCUT2D eigenvalue weighted by Gasteiger charge is 2.28. The molecule has 27 heavy (non-hydrogen) atoms. The summed E-state index contributed by atoms with van der Waals surface area (Å²) in [4.78, 5) is 13.3. The fourth-order valence-electron chi connectivity index (χ4n) is 4.24. The molecule has 0 aromatic carbocycles. The van der Waals surface area contributed by atoms with Crippen molar-refractivity contribution in [1.82, 2.24) is 20.3 Å². The first-order chi connectivity index (χ1) is 13.3. The van der Waals surface area contributed by atoms with E-state index in [0.29, 0.717) is 6.04 Å². The molecule has 0 bridgehead atoms. The molecule has 0 spiro atoms. The normalized spacial score (nSPS) is 17.6. The van der Waals surface area contributed by atoms with Gasteiger partial charge in [-0.15, -0.1) is 0 Å². The lowest BCUT2D eigenvalue weighted by Gasteiger charge is -2.31. The van der Waals surface area contributed by atoms with Crippen LogP contribution >= 0.6 is 0 Å². The Balaban J connectivity index is 1.76. The number of hydrogen-bond acceptors (Lipinski definition) is 3. The van der Waals surface area contributed by atoms with E-state index in [1.54, 1.807) is 0 Å². The Bertz CT molecular complexity index is 874. The van der Waals surface area contributed by atoms with Crippen LogP contribution in [-0.4, -0.2) is 21.0 Å². The van der Waals surface area contributed by atoms with Crippen molar-refractivity contribution in [1.29, 1.82) is 0 Å². The predicted octanol–water partition coefficient (Wildman–Crippen LogP) is 3.30. The van der Waals surface area contributed by atoms with Crippen molar-refractivity contribution in [2.45, 2.75) is 83.7 Å². The largest absolute Gasteiger partial charge is 0.357 e. The molecule has 2 aromatic rings. The molecule has 2 aliphatic rings. The van der Waals surface area contributed by atoms with Crippen molar-refractivity contribution in [2.24, 2.45) is 0 Å². The predicted molar refractivity (Wildman–Crippen MR) is 111 cm³/mol. The van der Waals surface area contributed by atoms with E-state index in [1.165, 1.54) is 46.7 Å². The molecule has 0 radical (unpaired) electrons. The van der Waals surface area contributed by atoms with Gasteiger partial charge in [0.15, 0.2) is 5.82 Å². The van der Waals surface area contributed by atoms with Crippen LogP contribution in [0.1, 0.15) is 87.5 Å². The molecule has 1 atom stereocenters. The topological polar surface area (TPSA) is 53.6 Å². The van der Waals surface area contributed by atoms with Gasteiger partial charge in [-0.3, -0.25) is 5.32 Å². The summed E-state index contributed by atoms with van der Waals surface area (Å²) in [5.74, 6) is 0.901. The molecule has 2 aromatic heterocycles. The molecule has 2 aliphatic carbocycles. The zero-order chi connectivity index (χ0) is 18.6. The lowest BCUT2D eigenvalue weighted by Crippen LogP contribution is -2.39. The van der Waals surface area contributed by atoms with Crippen molar-refractivity contribution >= 4 is 12.2 Å². The maximum atomic E-state index is 4.78. The maximum Gasteiger partial charge on any atom is 0.151 e. The first kappa shape index (κ1) is 18.4. The summed E-state index contributed by atoms with van der Waals surface area (Å²) in [5, 5.41) is 6.57. The number of aromatic nitrogens is 3. The van der Waals surface area contributed by atoms with Gasteiger partial charge in [-0.1, -0.05) is 45.3 Å². The molecule has 1 saturated carbocycles. The Morgan fingerprint density at radius 1 is 1.07 bits per heavy atom. The van der Waals surface area contributed by atoms with Crippen molar-refractivity contribution < 1.29 is 0 Å². The quantitative estimate of drug-likeness (QED) is 0.756. The lowest BCUT2D eigenvalue weighted by molar-refractivity contribution is 0.314. The van der Waals surface area contributed by atoms with Gasteiger partial charge in [0, 0.05) is 29.5 Å². The fraction of sp³-hybridized carbons (Fsp3) is 0.565. The molecular formula is C23H32N4. The highest BCUT2D eigenvalue weighted by atomic mass is 15.1. The first-order valence-corrected chi connectivity index (χ1v) is 10.8. The van der Waals surface area contributed by atoms with Crippen LogP contribution in [0.4, 0.5) is 0 Å². The van der Waals surface area contributed by atoms with Gasteiger partial charge in [0.05, 0.1) is 0 Å². The zero-order valence-corrected chi connectivity index (χ0v) is 16.7. The number of H-pyrrole nitrogens is 1. The molecule has 2 heterocycles. The molecule has 4 rings (SSSR count). The van der Waals surface area contributed by atoms with Crippen LogP contribution in [0.15, 0.2) is 12.4 Å². The molecule has 2 N–H and O–H groups in total. The molecule has 0 aliphatic heterocycles. The van der Waals surface area contributed by atoms with Crippen LogP contribution in [0.3, 0.4) is 0 Å². The van der Waals surface area contributed by atoms with Crippen LogP contribution in [-0.2, 0) is 12.8 Å². The molecule has 4 nitrogen and oxygen atoms in total. The highest BCUT2D eigenvalue weighted by Crippen LogP contribution is 2.26. The number of hydrogen-bond donors (Lipinski definition) is 2. The Hall–Kier alpha value is -1.94. The minimum atomic E-state index is 0.0555. The Labute approximate surface area is 162 Å². The second kappa shape index (κ2) is 8.39. The highest BCUT2D eigenvalue weighted by molar-refractivity contribution is 5.43. The second-order valence-electron chi connectivity index (χ2n) is 8.01. The molecule has 4 heteroatoms. The summed E-state index contributed by atoms with van der Waals surface area (Å²) in [6.07, 6.45) is 19.3. The number of fused-ring (bicyclic) bond motifs is 1. The van der Waals surface area contributed by atoms with Gasteiger partial charge in [-0.2, -0.15) is 0 Å². The lowest BCUT2D eigenvalue weighted by atomic mass is 9.91. The third-order valence-electron chi connectivity index (χ3n) is 5.89. The Kier molecular flexibility index (Phi) is 5.72. The van der Waals surface area contributed by atoms with E-state index in [4.69, 9.17) is 9.97 Å². The van der Waals surface area contributed by atoms with Crippen molar-refractivity contribution in [3.8, 4) is 0 Å². The van der Waals surface area contributed by atoms with Crippen LogP contribution in [0, 0.1) is 0 Å². The summed E-state index contributed by atoms with van der Waals surface area (Å²) in [5.41, 5.74) is 3.97. The number of rotatable bonds is 8. The van der Waals surface area contributed by atoms with Gasteiger partial charge in [0.1, 0.15) is 6.04 Å². The van der Waals surface area contributed by atoms with Crippen LogP contribution in [0.5, 0.6) is 0 Å². The summed E-state index contributed by atoms with van der Waals surface area (Å²) < 4.78 is 0. The van der Waals surface area contributed by atoms with E-state index in [-0.39, 0.29) is 6.04 Å². The zero-order valence-electron chi connectivity index (χ0n) is 16.7. The van der Waals surface area contributed by atoms with Gasteiger partial charge in [0.25, 0.3) is 0 Å². The van der Waals surface area contributed by atoms with E-state index in [0.717, 1.165) is 44.3 Å². The van der Waals surface area contributed by atoms with E-state index < -0.39 is 0 Å². The average Bonchev–Trinajstić information content (AvgIpc) is 3.01. The van der Waals surface area contributed by atoms with Gasteiger partial charge in [-0.05, 0) is 54.9 Å². The summed E-state index contributed by atoms with van der Waals surface area (Å²) in [6, 6.07) is 0.636. The molecule has 1 unspecified atom stereocenters. The Morgan fingerprint density at radius 3 is 2.48 bits per heavy atom. The molecule has 0 amide bonds. The van der Waals surface area contributed by atoms with Gasteiger partial charge >= 0.3 is 0 Å². The van der Waals surface area contributed by atoms with Gasteiger partial charge in [0.2, 0.25) is 0 Å². The minimum Gasteiger partial charge on any atom is -0.357 e. The Morgan fingerprint density at radius 2 is 1.81 bits per heavy atom. The number of nitrogens with zero attached hydrogens (tertiary/aromatic N) is 2. The summed E-state index contributed by atoms with van der Waals surface area (Å²) in [7, 11) is 0. The van der Waals surface area contributed by atoms with Crippen molar-refractivity contribution in [3.63, 3.8) is 0 Å². The third kappa shape index (κ3) is 3.86. The van der Waals surface area contributed by atoms with Gasteiger partial charge < -0.3 is 4.98 Å². The molecular weight excluding hydrogens is 332 g/mol. The number of nitrogens with one attached hydrogen (secondary N) is 2. The third-order valence-corrected chi connectivity index (χ3v) is 5.89. The molecule has 0 saturated heterocycles. The summed E-state index contributed by atoms with van der Waals surface area (Å²) >= 11 is 0. The van der Waals surface area contributed by atoms with E-state index in [9.17, 15) is 0 Å². The maximum absolute atomic E-state index is 4.78. The van der Waals surface area contributed by atoms with E-state index in [2.05, 4.69) is 36.3 Å². The van der Waals surface area contributed by atoms with Crippen LogP contribution < -0.4 is 15.9 Å². The van der Waals surface area contributed by atoms with Crippen molar-refractivity contribution in [2.75, 3.05) is 0 Å². The SMILES string of the molecule is CCCc1cnc(C(NC2CCC2)c2[nH]c3c(c2CCC)=CCCC=3)nc1. The smallest absolute Gasteiger partial charge is 0.151 e. The minimum absolute atomic E-state index is 0.0555. The van der Waals surface area contributed by atoms with Gasteiger partial charge in [-0.25, -0.2) is 9.97 Å². The number of aromatic amines is 1. The van der Waals surface area contributed by atoms with E-state index >= 15 is 0 Å². The second-order valence-corrected chi connectivity index (χ2v) is 8.01. The van der Waals surface area contributed by atoms with E-state index in [1.807, 2.05) is 12.4 Å². The van der Waals surface area contributed by atoms with Crippen LogP contribution in [0.2, 0.25) is 0 Å². The molecule has 144 valence electrons. The average molecular weight is 365 g/mol. The molecule has 1 fully saturated rings. The summed E-state index contributed by atoms with van der Waals surface area (Å²) in [6.45, 7) is 4.46. The standard InChI is InChI=1S/C23H32N4/c1-3-8-16-14-24-23(25-15-16)22(26-17-10-7-11-17)21-19(9-4-2)18-12-5-6-13-20(18)27-21/h12-15,17,22,26-27H,3-11H2,1-2H3. The fourth-order valence-corrected chi connectivity index (χ4v) is 4.24.